The standard InChI is InChI=1S/C12H12BrF3O2S/c13-7-11(4-5-11)8-19(17,18)10-3-1-2-9(6-10)12(14,15)16/h1-3,6H,4-5,7-8H2. The van der Waals surface area contributed by atoms with Crippen LogP contribution in [0, 0.1) is 5.41 Å². The molecule has 0 heterocycles. The molecule has 0 amide bonds. The fourth-order valence-corrected chi connectivity index (χ4v) is 4.82. The van der Waals surface area contributed by atoms with E-state index in [4.69, 9.17) is 0 Å². The van der Waals surface area contributed by atoms with E-state index in [-0.39, 0.29) is 16.1 Å². The fraction of sp³-hybridized carbons (Fsp3) is 0.500. The SMILES string of the molecule is O=S(=O)(CC1(CBr)CC1)c1cccc(C(F)(F)F)c1. The number of hydrogen-bond acceptors (Lipinski definition) is 2. The predicted octanol–water partition coefficient (Wildman–Crippen LogP) is 3.65. The highest BCUT2D eigenvalue weighted by molar-refractivity contribution is 9.09. The summed E-state index contributed by atoms with van der Waals surface area (Å²) in [5.41, 5.74) is -1.23. The molecule has 1 aliphatic rings. The normalized spacial score (nSPS) is 18.3. The zero-order chi connectivity index (χ0) is 14.3. The molecule has 0 bridgehead atoms. The fourth-order valence-electron chi connectivity index (χ4n) is 1.85. The van der Waals surface area contributed by atoms with Gasteiger partial charge in [-0.15, -0.1) is 0 Å². The minimum Gasteiger partial charge on any atom is -0.224 e. The molecule has 2 nitrogen and oxygen atoms in total. The molecule has 0 spiro atoms. The van der Waals surface area contributed by atoms with Gasteiger partial charge in [0.1, 0.15) is 0 Å². The second-order valence-electron chi connectivity index (χ2n) is 4.92. The highest BCUT2D eigenvalue weighted by atomic mass is 79.9. The third kappa shape index (κ3) is 3.31. The quantitative estimate of drug-likeness (QED) is 0.771. The number of hydrogen-bond donors (Lipinski definition) is 0. The lowest BCUT2D eigenvalue weighted by molar-refractivity contribution is -0.137. The summed E-state index contributed by atoms with van der Waals surface area (Å²) in [6.45, 7) is 0. The van der Waals surface area contributed by atoms with Crippen LogP contribution in [0.25, 0.3) is 0 Å². The van der Waals surface area contributed by atoms with Crippen molar-refractivity contribution < 1.29 is 21.6 Å². The lowest BCUT2D eigenvalue weighted by atomic mass is 10.2. The van der Waals surface area contributed by atoms with Crippen molar-refractivity contribution in [3.8, 4) is 0 Å². The molecule has 7 heteroatoms. The molecule has 106 valence electrons. The molecule has 1 fully saturated rings. The van der Waals surface area contributed by atoms with Gasteiger partial charge in [0.2, 0.25) is 0 Å². The lowest BCUT2D eigenvalue weighted by Gasteiger charge is -2.13. The Morgan fingerprint density at radius 2 is 1.89 bits per heavy atom. The topological polar surface area (TPSA) is 34.1 Å². The summed E-state index contributed by atoms with van der Waals surface area (Å²) < 4.78 is 62.0. The van der Waals surface area contributed by atoms with Crippen molar-refractivity contribution in [1.29, 1.82) is 0 Å². The van der Waals surface area contributed by atoms with E-state index in [9.17, 15) is 21.6 Å². The number of benzene rings is 1. The highest BCUT2D eigenvalue weighted by Gasteiger charge is 2.45. The van der Waals surface area contributed by atoms with E-state index in [1.165, 1.54) is 6.07 Å². The summed E-state index contributed by atoms with van der Waals surface area (Å²) in [4.78, 5) is -0.255. The monoisotopic (exact) mass is 356 g/mol. The first-order valence-corrected chi connectivity index (χ1v) is 8.42. The Bertz CT molecular complexity index is 577. The maximum absolute atomic E-state index is 12.6. The minimum absolute atomic E-state index is 0.105. The van der Waals surface area contributed by atoms with Gasteiger partial charge in [0.15, 0.2) is 9.84 Å². The molecule has 0 aliphatic heterocycles. The molecular formula is C12H12BrF3O2S. The van der Waals surface area contributed by atoms with E-state index in [0.717, 1.165) is 25.0 Å². The molecule has 0 saturated heterocycles. The molecule has 1 aromatic rings. The molecule has 0 radical (unpaired) electrons. The third-order valence-electron chi connectivity index (χ3n) is 3.26. The molecule has 19 heavy (non-hydrogen) atoms. The van der Waals surface area contributed by atoms with E-state index in [1.807, 2.05) is 0 Å². The number of rotatable bonds is 4. The molecule has 0 unspecified atom stereocenters. The van der Waals surface area contributed by atoms with E-state index in [0.29, 0.717) is 11.4 Å². The van der Waals surface area contributed by atoms with Gasteiger partial charge < -0.3 is 0 Å². The average molecular weight is 357 g/mol. The van der Waals surface area contributed by atoms with Crippen LogP contribution in [-0.2, 0) is 16.0 Å². The van der Waals surface area contributed by atoms with Crippen LogP contribution in [0.15, 0.2) is 29.2 Å². The Balaban J connectivity index is 2.31. The van der Waals surface area contributed by atoms with Gasteiger partial charge in [0.05, 0.1) is 16.2 Å². The first-order valence-electron chi connectivity index (χ1n) is 5.65. The van der Waals surface area contributed by atoms with Crippen LogP contribution in [0.5, 0.6) is 0 Å². The van der Waals surface area contributed by atoms with Crippen LogP contribution < -0.4 is 0 Å². The Labute approximate surface area is 118 Å². The van der Waals surface area contributed by atoms with Gasteiger partial charge in [0.25, 0.3) is 0 Å². The minimum atomic E-state index is -4.53. The molecule has 2 rings (SSSR count). The van der Waals surface area contributed by atoms with E-state index in [1.54, 1.807) is 0 Å². The summed E-state index contributed by atoms with van der Waals surface area (Å²) in [6.07, 6.45) is -2.95. The van der Waals surface area contributed by atoms with Crippen LogP contribution >= 0.6 is 15.9 Å². The van der Waals surface area contributed by atoms with Crippen molar-refractivity contribution in [2.75, 3.05) is 11.1 Å². The zero-order valence-corrected chi connectivity index (χ0v) is 12.3. The Morgan fingerprint density at radius 3 is 2.37 bits per heavy atom. The van der Waals surface area contributed by atoms with Gasteiger partial charge in [-0.1, -0.05) is 22.0 Å². The van der Waals surface area contributed by atoms with E-state index >= 15 is 0 Å². The smallest absolute Gasteiger partial charge is 0.224 e. The predicted molar refractivity (Wildman–Crippen MR) is 69.0 cm³/mol. The first-order chi connectivity index (χ1) is 8.69. The van der Waals surface area contributed by atoms with Gasteiger partial charge >= 0.3 is 6.18 Å². The first kappa shape index (κ1) is 14.8. The van der Waals surface area contributed by atoms with Gasteiger partial charge in [-0.05, 0) is 36.5 Å². The van der Waals surface area contributed by atoms with Gasteiger partial charge in [-0.3, -0.25) is 0 Å². The van der Waals surface area contributed by atoms with Crippen molar-refractivity contribution >= 4 is 25.8 Å². The maximum Gasteiger partial charge on any atom is 0.416 e. The summed E-state index contributed by atoms with van der Waals surface area (Å²) in [6, 6.07) is 3.92. The Hall–Kier alpha value is -0.560. The number of alkyl halides is 4. The largest absolute Gasteiger partial charge is 0.416 e. The van der Waals surface area contributed by atoms with Crippen LogP contribution in [0.2, 0.25) is 0 Å². The van der Waals surface area contributed by atoms with E-state index in [2.05, 4.69) is 15.9 Å². The van der Waals surface area contributed by atoms with Crippen LogP contribution in [0.4, 0.5) is 13.2 Å². The summed E-state index contributed by atoms with van der Waals surface area (Å²) in [5.74, 6) is -0.105. The van der Waals surface area contributed by atoms with Crippen LogP contribution in [0.3, 0.4) is 0 Å². The van der Waals surface area contributed by atoms with Crippen LogP contribution in [-0.4, -0.2) is 19.5 Å². The van der Waals surface area contributed by atoms with Gasteiger partial charge in [-0.2, -0.15) is 13.2 Å². The van der Waals surface area contributed by atoms with Crippen LogP contribution in [0.1, 0.15) is 18.4 Å². The molecule has 1 aliphatic carbocycles. The Morgan fingerprint density at radius 1 is 1.26 bits per heavy atom. The van der Waals surface area contributed by atoms with E-state index < -0.39 is 21.6 Å². The molecule has 0 N–H and O–H groups in total. The molecule has 0 atom stereocenters. The molecular weight excluding hydrogens is 345 g/mol. The summed E-state index contributed by atoms with van der Waals surface area (Å²) >= 11 is 3.26. The second-order valence-corrected chi connectivity index (χ2v) is 7.47. The summed E-state index contributed by atoms with van der Waals surface area (Å²) in [7, 11) is -3.68. The zero-order valence-electron chi connectivity index (χ0n) is 9.87. The number of sulfone groups is 1. The molecule has 0 aromatic heterocycles. The third-order valence-corrected chi connectivity index (χ3v) is 6.41. The average Bonchev–Trinajstić information content (AvgIpc) is 3.08. The molecule has 1 saturated carbocycles. The van der Waals surface area contributed by atoms with Crippen molar-refractivity contribution in [3.05, 3.63) is 29.8 Å². The van der Waals surface area contributed by atoms with Gasteiger partial charge in [0, 0.05) is 5.33 Å². The molecule has 1 aromatic carbocycles. The number of halogens is 4. The van der Waals surface area contributed by atoms with Crippen molar-refractivity contribution in [2.24, 2.45) is 5.41 Å². The Kier molecular flexibility index (Phi) is 3.72. The lowest BCUT2D eigenvalue weighted by Crippen LogP contribution is -2.19. The highest BCUT2D eigenvalue weighted by Crippen LogP contribution is 2.49. The second kappa shape index (κ2) is 4.77. The van der Waals surface area contributed by atoms with Crippen molar-refractivity contribution in [3.63, 3.8) is 0 Å². The van der Waals surface area contributed by atoms with Gasteiger partial charge in [-0.25, -0.2) is 8.42 Å². The summed E-state index contributed by atoms with van der Waals surface area (Å²) in [5, 5.41) is 0.554. The maximum atomic E-state index is 12.6. The van der Waals surface area contributed by atoms with Crippen molar-refractivity contribution in [1.82, 2.24) is 0 Å². The van der Waals surface area contributed by atoms with Crippen molar-refractivity contribution in [2.45, 2.75) is 23.9 Å².